The quantitative estimate of drug-likeness (QED) is 0.408. The van der Waals surface area contributed by atoms with Crippen LogP contribution in [-0.4, -0.2) is 21.7 Å². The van der Waals surface area contributed by atoms with Crippen LogP contribution in [0.2, 0.25) is 5.02 Å². The lowest BCUT2D eigenvalue weighted by atomic mass is 10.1. The number of hydrazone groups is 1. The maximum atomic E-state index is 12.2. The van der Waals surface area contributed by atoms with Gasteiger partial charge in [0, 0.05) is 0 Å². The summed E-state index contributed by atoms with van der Waals surface area (Å²) in [6.45, 7) is 2.35. The van der Waals surface area contributed by atoms with Gasteiger partial charge < -0.3 is 9.47 Å². The summed E-state index contributed by atoms with van der Waals surface area (Å²) in [4.78, 5) is 2.30. The standard InChI is InChI=1S/C22H21ClN2O4S/c1-16-8-10-17(11-9-16)15-29-22-20(23)12-18(13-21(22)28-2)14-24-25-30(26,27)19-6-4-3-5-7-19/h3-14,25H,15H2,1-2H3/b24-14-. The summed E-state index contributed by atoms with van der Waals surface area (Å²) in [7, 11) is -2.24. The van der Waals surface area contributed by atoms with Gasteiger partial charge in [0.15, 0.2) is 11.5 Å². The van der Waals surface area contributed by atoms with Crippen LogP contribution >= 0.6 is 11.6 Å². The van der Waals surface area contributed by atoms with E-state index in [0.29, 0.717) is 28.7 Å². The molecule has 0 aliphatic heterocycles. The highest BCUT2D eigenvalue weighted by molar-refractivity contribution is 7.89. The van der Waals surface area contributed by atoms with E-state index in [1.54, 1.807) is 30.3 Å². The fourth-order valence-electron chi connectivity index (χ4n) is 2.62. The highest BCUT2D eigenvalue weighted by atomic mass is 35.5. The molecule has 0 saturated carbocycles. The molecule has 0 aromatic heterocycles. The molecule has 0 heterocycles. The first-order chi connectivity index (χ1) is 14.4. The Kier molecular flexibility index (Phi) is 6.97. The number of hydrogen-bond acceptors (Lipinski definition) is 5. The molecule has 30 heavy (non-hydrogen) atoms. The highest BCUT2D eigenvalue weighted by Crippen LogP contribution is 2.36. The van der Waals surface area contributed by atoms with Crippen molar-refractivity contribution in [2.75, 3.05) is 7.11 Å². The first kappa shape index (κ1) is 21.7. The van der Waals surface area contributed by atoms with Crippen LogP contribution in [0, 0.1) is 6.92 Å². The van der Waals surface area contributed by atoms with Crippen molar-refractivity contribution in [1.82, 2.24) is 4.83 Å². The van der Waals surface area contributed by atoms with Gasteiger partial charge in [-0.25, -0.2) is 4.83 Å². The Balaban J connectivity index is 1.73. The van der Waals surface area contributed by atoms with Crippen LogP contribution in [-0.2, 0) is 16.6 Å². The van der Waals surface area contributed by atoms with E-state index in [-0.39, 0.29) is 4.90 Å². The molecule has 3 rings (SSSR count). The van der Waals surface area contributed by atoms with Gasteiger partial charge in [-0.1, -0.05) is 59.6 Å². The third kappa shape index (κ3) is 5.52. The molecule has 0 unspecified atom stereocenters. The summed E-state index contributed by atoms with van der Waals surface area (Å²) in [5.41, 5.74) is 2.72. The van der Waals surface area contributed by atoms with Crippen LogP contribution in [0.15, 0.2) is 76.7 Å². The molecule has 156 valence electrons. The third-order valence-corrected chi connectivity index (χ3v) is 5.71. The number of rotatable bonds is 8. The monoisotopic (exact) mass is 444 g/mol. The van der Waals surface area contributed by atoms with Crippen LogP contribution in [0.25, 0.3) is 0 Å². The number of nitrogens with zero attached hydrogens (tertiary/aromatic N) is 1. The fourth-order valence-corrected chi connectivity index (χ4v) is 3.70. The van der Waals surface area contributed by atoms with E-state index in [0.717, 1.165) is 5.56 Å². The van der Waals surface area contributed by atoms with Gasteiger partial charge >= 0.3 is 0 Å². The normalized spacial score (nSPS) is 11.4. The Morgan fingerprint density at radius 3 is 2.43 bits per heavy atom. The van der Waals surface area contributed by atoms with Crippen LogP contribution in [0.5, 0.6) is 11.5 Å². The van der Waals surface area contributed by atoms with Crippen molar-refractivity contribution in [2.45, 2.75) is 18.4 Å². The molecular weight excluding hydrogens is 424 g/mol. The fraction of sp³-hybridized carbons (Fsp3) is 0.136. The van der Waals surface area contributed by atoms with Gasteiger partial charge in [0.25, 0.3) is 10.0 Å². The van der Waals surface area contributed by atoms with Gasteiger partial charge in [-0.3, -0.25) is 0 Å². The van der Waals surface area contributed by atoms with Crippen LogP contribution < -0.4 is 14.3 Å². The molecule has 0 fully saturated rings. The average Bonchev–Trinajstić information content (AvgIpc) is 2.74. The second-order valence-corrected chi connectivity index (χ2v) is 8.54. The van der Waals surface area contributed by atoms with E-state index < -0.39 is 10.0 Å². The van der Waals surface area contributed by atoms with Crippen LogP contribution in [0.1, 0.15) is 16.7 Å². The summed E-state index contributed by atoms with van der Waals surface area (Å²) in [5.74, 6) is 0.823. The van der Waals surface area contributed by atoms with Gasteiger partial charge in [-0.15, -0.1) is 0 Å². The maximum absolute atomic E-state index is 12.2. The molecule has 3 aromatic carbocycles. The second-order valence-electron chi connectivity index (χ2n) is 6.47. The molecule has 0 saturated heterocycles. The molecule has 0 radical (unpaired) electrons. The summed E-state index contributed by atoms with van der Waals surface area (Å²) in [5, 5.41) is 4.15. The lowest BCUT2D eigenvalue weighted by molar-refractivity contribution is 0.284. The lowest BCUT2D eigenvalue weighted by Gasteiger charge is -2.13. The topological polar surface area (TPSA) is 77.0 Å². The smallest absolute Gasteiger partial charge is 0.276 e. The number of hydrogen-bond donors (Lipinski definition) is 1. The number of aryl methyl sites for hydroxylation is 1. The lowest BCUT2D eigenvalue weighted by Crippen LogP contribution is -2.18. The van der Waals surface area contributed by atoms with Gasteiger partial charge in [-0.2, -0.15) is 13.5 Å². The number of benzene rings is 3. The zero-order chi connectivity index (χ0) is 21.6. The van der Waals surface area contributed by atoms with E-state index in [1.807, 2.05) is 31.2 Å². The first-order valence-corrected chi connectivity index (χ1v) is 10.9. The molecule has 1 N–H and O–H groups in total. The maximum Gasteiger partial charge on any atom is 0.276 e. The van der Waals surface area contributed by atoms with Gasteiger partial charge in [0.05, 0.1) is 23.2 Å². The van der Waals surface area contributed by atoms with Crippen LogP contribution in [0.3, 0.4) is 0 Å². The molecule has 8 heteroatoms. The SMILES string of the molecule is COc1cc(/C=N\NS(=O)(=O)c2ccccc2)cc(Cl)c1OCc1ccc(C)cc1. The highest BCUT2D eigenvalue weighted by Gasteiger charge is 2.13. The molecule has 0 bridgehead atoms. The summed E-state index contributed by atoms with van der Waals surface area (Å²) in [6.07, 6.45) is 1.35. The van der Waals surface area contributed by atoms with Crippen molar-refractivity contribution in [3.8, 4) is 11.5 Å². The van der Waals surface area contributed by atoms with Gasteiger partial charge in [-0.05, 0) is 42.3 Å². The Morgan fingerprint density at radius 1 is 1.07 bits per heavy atom. The Bertz CT molecular complexity index is 1130. The van der Waals surface area contributed by atoms with Gasteiger partial charge in [0.2, 0.25) is 0 Å². The minimum absolute atomic E-state index is 0.123. The van der Waals surface area contributed by atoms with Crippen molar-refractivity contribution in [3.63, 3.8) is 0 Å². The number of halogens is 1. The average molecular weight is 445 g/mol. The predicted molar refractivity (Wildman–Crippen MR) is 118 cm³/mol. The zero-order valence-electron chi connectivity index (χ0n) is 16.5. The number of methoxy groups -OCH3 is 1. The van der Waals surface area contributed by atoms with E-state index in [1.165, 1.54) is 31.0 Å². The Hall–Kier alpha value is -3.03. The van der Waals surface area contributed by atoms with Crippen molar-refractivity contribution < 1.29 is 17.9 Å². The van der Waals surface area contributed by atoms with Crippen molar-refractivity contribution in [1.29, 1.82) is 0 Å². The van der Waals surface area contributed by atoms with E-state index >= 15 is 0 Å². The minimum Gasteiger partial charge on any atom is -0.493 e. The van der Waals surface area contributed by atoms with Gasteiger partial charge in [0.1, 0.15) is 6.61 Å². The summed E-state index contributed by atoms with van der Waals surface area (Å²) in [6, 6.07) is 19.2. The van der Waals surface area contributed by atoms with E-state index in [9.17, 15) is 8.42 Å². The molecule has 0 spiro atoms. The van der Waals surface area contributed by atoms with Crippen molar-refractivity contribution >= 4 is 27.8 Å². The number of nitrogens with one attached hydrogen (secondary N) is 1. The molecule has 0 aliphatic rings. The first-order valence-electron chi connectivity index (χ1n) is 9.05. The molecule has 0 atom stereocenters. The van der Waals surface area contributed by atoms with E-state index in [4.69, 9.17) is 21.1 Å². The molecule has 6 nitrogen and oxygen atoms in total. The number of sulfonamides is 1. The van der Waals surface area contributed by atoms with Crippen LogP contribution in [0.4, 0.5) is 0 Å². The third-order valence-electron chi connectivity index (χ3n) is 4.20. The Labute approximate surface area is 181 Å². The number of ether oxygens (including phenoxy) is 2. The Morgan fingerprint density at radius 2 is 1.77 bits per heavy atom. The zero-order valence-corrected chi connectivity index (χ0v) is 18.1. The molecule has 0 aliphatic carbocycles. The van der Waals surface area contributed by atoms with E-state index in [2.05, 4.69) is 9.93 Å². The predicted octanol–water partition coefficient (Wildman–Crippen LogP) is 4.55. The van der Waals surface area contributed by atoms with Crippen molar-refractivity contribution in [2.24, 2.45) is 5.10 Å². The summed E-state index contributed by atoms with van der Waals surface area (Å²) < 4.78 is 35.6. The van der Waals surface area contributed by atoms with Crippen molar-refractivity contribution in [3.05, 3.63) is 88.4 Å². The summed E-state index contributed by atoms with van der Waals surface area (Å²) >= 11 is 6.36. The second kappa shape index (κ2) is 9.65. The largest absolute Gasteiger partial charge is 0.493 e. The minimum atomic E-state index is -3.74. The molecular formula is C22H21ClN2O4S. The molecule has 3 aromatic rings. The molecule has 0 amide bonds.